The molecule has 11 nitrogen and oxygen atoms in total. The molecule has 4 bridgehead atoms. The number of carbonyl (C=O) groups excluding carboxylic acids is 3. The molecule has 0 aliphatic carbocycles. The third-order valence-corrected chi connectivity index (χ3v) is 8.93. The molecule has 3 heterocycles. The van der Waals surface area contributed by atoms with Crippen molar-refractivity contribution in [1.29, 1.82) is 0 Å². The number of aromatic nitrogens is 2. The number of imidazole rings is 1. The van der Waals surface area contributed by atoms with Gasteiger partial charge in [-0.25, -0.2) is 4.98 Å². The van der Waals surface area contributed by atoms with Crippen molar-refractivity contribution in [3.63, 3.8) is 0 Å². The van der Waals surface area contributed by atoms with Gasteiger partial charge in [-0.1, -0.05) is 18.2 Å². The molecule has 0 saturated carbocycles. The van der Waals surface area contributed by atoms with Gasteiger partial charge in [-0.15, -0.1) is 0 Å². The molecular weight excluding hydrogens is 598 g/mol. The number of amides is 3. The average molecular weight is 640 g/mol. The highest BCUT2D eigenvalue weighted by Crippen LogP contribution is 2.42. The maximum Gasteiger partial charge on any atom is 0.224 e. The molecule has 1 aromatic heterocycles. The normalized spacial score (nSPS) is 17.2. The first-order valence-corrected chi connectivity index (χ1v) is 16.1. The molecule has 2 aliphatic heterocycles. The van der Waals surface area contributed by atoms with Crippen LogP contribution >= 0.6 is 0 Å². The first-order chi connectivity index (χ1) is 22.8. The van der Waals surface area contributed by atoms with Crippen molar-refractivity contribution < 1.29 is 28.6 Å². The summed E-state index contributed by atoms with van der Waals surface area (Å²) in [5, 5.41) is 6.14. The maximum atomic E-state index is 13.6. The van der Waals surface area contributed by atoms with Crippen molar-refractivity contribution in [1.82, 2.24) is 25.1 Å². The minimum absolute atomic E-state index is 0.0856. The quantitative estimate of drug-likeness (QED) is 0.333. The summed E-state index contributed by atoms with van der Waals surface area (Å²) in [6.07, 6.45) is 1.75. The fraction of sp³-hybridized carbons (Fsp3) is 0.389. The Morgan fingerprint density at radius 2 is 1.85 bits per heavy atom. The summed E-state index contributed by atoms with van der Waals surface area (Å²) in [6.45, 7) is 3.70. The first-order valence-electron chi connectivity index (χ1n) is 16.1. The monoisotopic (exact) mass is 639 g/mol. The standard InChI is InChI=1S/C36H41N5O6/c1-23-38-29-6-4-5-7-30(29)41(23)17-13-35(44)40-16-12-34(43)39-28-14-19-47-31-10-9-25(22-27(28)31)26-20-24(8-11-33(42)37-15-18-40)21-32(45-2)36(26)46-3/h4-7,9-10,20-22,28H,8,11-19H2,1-3H3,(H,37,42)(H,39,43). The van der Waals surface area contributed by atoms with Crippen molar-refractivity contribution in [2.75, 3.05) is 40.5 Å². The number of methoxy groups -OCH3 is 2. The van der Waals surface area contributed by atoms with Crippen LogP contribution in [0.15, 0.2) is 54.6 Å². The molecule has 3 aromatic carbocycles. The lowest BCUT2D eigenvalue weighted by Gasteiger charge is -2.28. The summed E-state index contributed by atoms with van der Waals surface area (Å²) in [5.41, 5.74) is 5.38. The lowest BCUT2D eigenvalue weighted by atomic mass is 9.93. The molecule has 1 unspecified atom stereocenters. The molecule has 0 radical (unpaired) electrons. The zero-order chi connectivity index (χ0) is 32.9. The predicted molar refractivity (Wildman–Crippen MR) is 178 cm³/mol. The molecule has 1 atom stereocenters. The van der Waals surface area contributed by atoms with Crippen molar-refractivity contribution in [3.8, 4) is 28.4 Å². The third-order valence-electron chi connectivity index (χ3n) is 8.93. The fourth-order valence-corrected chi connectivity index (χ4v) is 6.48. The summed E-state index contributed by atoms with van der Waals surface area (Å²) in [7, 11) is 3.20. The molecule has 6 rings (SSSR count). The van der Waals surface area contributed by atoms with Crippen LogP contribution in [0.4, 0.5) is 0 Å². The lowest BCUT2D eigenvalue weighted by Crippen LogP contribution is -2.41. The fourth-order valence-electron chi connectivity index (χ4n) is 6.48. The number of nitrogens with one attached hydrogen (secondary N) is 2. The molecule has 47 heavy (non-hydrogen) atoms. The third kappa shape index (κ3) is 7.03. The topological polar surface area (TPSA) is 124 Å². The van der Waals surface area contributed by atoms with Gasteiger partial charge in [-0.3, -0.25) is 14.4 Å². The molecular formula is C36H41N5O6. The zero-order valence-corrected chi connectivity index (χ0v) is 27.1. The number of fused-ring (bicyclic) bond motifs is 5. The zero-order valence-electron chi connectivity index (χ0n) is 27.1. The van der Waals surface area contributed by atoms with Crippen LogP contribution in [0, 0.1) is 6.92 Å². The van der Waals surface area contributed by atoms with E-state index in [2.05, 4.69) is 15.6 Å². The Bertz CT molecular complexity index is 1800. The van der Waals surface area contributed by atoms with Gasteiger partial charge in [-0.2, -0.15) is 0 Å². The SMILES string of the molecule is COc1cc2cc(c1OC)-c1ccc3c(c1)C(CCO3)NC(=O)CCN(C(=O)CCn1c(C)nc3ccccc31)CCNC(=O)CC2. The van der Waals surface area contributed by atoms with E-state index in [-0.39, 0.29) is 56.1 Å². The van der Waals surface area contributed by atoms with E-state index >= 15 is 0 Å². The van der Waals surface area contributed by atoms with E-state index in [9.17, 15) is 14.4 Å². The van der Waals surface area contributed by atoms with Gasteiger partial charge in [0.15, 0.2) is 11.5 Å². The Morgan fingerprint density at radius 3 is 2.68 bits per heavy atom. The van der Waals surface area contributed by atoms with E-state index in [0.717, 1.165) is 44.9 Å². The molecule has 246 valence electrons. The van der Waals surface area contributed by atoms with E-state index < -0.39 is 0 Å². The Kier molecular flexibility index (Phi) is 9.60. The summed E-state index contributed by atoms with van der Waals surface area (Å²) in [6, 6.07) is 17.4. The number of hydrogen-bond donors (Lipinski definition) is 2. The Hall–Kier alpha value is -5.06. The number of carbonyl (C=O) groups is 3. The van der Waals surface area contributed by atoms with Gasteiger partial charge in [0.25, 0.3) is 0 Å². The van der Waals surface area contributed by atoms with Gasteiger partial charge >= 0.3 is 0 Å². The van der Waals surface area contributed by atoms with Crippen molar-refractivity contribution in [2.24, 2.45) is 0 Å². The second kappa shape index (κ2) is 14.1. The van der Waals surface area contributed by atoms with Crippen LogP contribution in [0.25, 0.3) is 22.2 Å². The van der Waals surface area contributed by atoms with E-state index in [1.807, 2.05) is 66.1 Å². The summed E-state index contributed by atoms with van der Waals surface area (Å²) in [4.78, 5) is 46.1. The highest BCUT2D eigenvalue weighted by atomic mass is 16.5. The van der Waals surface area contributed by atoms with Crippen LogP contribution in [0.5, 0.6) is 17.2 Å². The number of benzene rings is 3. The smallest absolute Gasteiger partial charge is 0.224 e. The van der Waals surface area contributed by atoms with E-state index in [1.54, 1.807) is 19.1 Å². The van der Waals surface area contributed by atoms with Crippen molar-refractivity contribution in [3.05, 3.63) is 71.5 Å². The molecule has 0 saturated heterocycles. The number of rotatable bonds is 5. The summed E-state index contributed by atoms with van der Waals surface area (Å²) >= 11 is 0. The second-order valence-corrected chi connectivity index (χ2v) is 11.9. The minimum Gasteiger partial charge on any atom is -0.493 e. The molecule has 4 aromatic rings. The molecule has 2 aliphatic rings. The van der Waals surface area contributed by atoms with Crippen LogP contribution in [-0.4, -0.2) is 72.6 Å². The predicted octanol–water partition coefficient (Wildman–Crippen LogP) is 4.34. The largest absolute Gasteiger partial charge is 0.493 e. The van der Waals surface area contributed by atoms with Crippen molar-refractivity contribution in [2.45, 2.75) is 51.6 Å². The Morgan fingerprint density at radius 1 is 1.00 bits per heavy atom. The van der Waals surface area contributed by atoms with E-state index in [1.165, 1.54) is 0 Å². The minimum atomic E-state index is -0.248. The van der Waals surface area contributed by atoms with Crippen LogP contribution in [0.2, 0.25) is 0 Å². The lowest BCUT2D eigenvalue weighted by molar-refractivity contribution is -0.132. The van der Waals surface area contributed by atoms with Crippen LogP contribution in [0.3, 0.4) is 0 Å². The Labute approximate surface area is 274 Å². The van der Waals surface area contributed by atoms with Gasteiger partial charge in [0.05, 0.1) is 37.9 Å². The highest BCUT2D eigenvalue weighted by molar-refractivity contribution is 5.81. The summed E-state index contributed by atoms with van der Waals surface area (Å²) in [5.74, 6) is 2.35. The van der Waals surface area contributed by atoms with Gasteiger partial charge in [0.1, 0.15) is 11.6 Å². The molecule has 3 amide bonds. The van der Waals surface area contributed by atoms with E-state index in [0.29, 0.717) is 44.0 Å². The highest BCUT2D eigenvalue weighted by Gasteiger charge is 2.26. The number of nitrogens with zero attached hydrogens (tertiary/aromatic N) is 3. The van der Waals surface area contributed by atoms with Crippen LogP contribution in [0.1, 0.15) is 48.7 Å². The van der Waals surface area contributed by atoms with Crippen molar-refractivity contribution >= 4 is 28.8 Å². The number of aryl methyl sites for hydroxylation is 3. The average Bonchev–Trinajstić information content (AvgIpc) is 3.41. The Balaban J connectivity index is 1.25. The maximum absolute atomic E-state index is 13.6. The number of hydrogen-bond acceptors (Lipinski definition) is 7. The van der Waals surface area contributed by atoms with Gasteiger partial charge in [0.2, 0.25) is 17.7 Å². The number of para-hydroxylation sites is 2. The molecule has 2 N–H and O–H groups in total. The molecule has 0 spiro atoms. The van der Waals surface area contributed by atoms with Gasteiger partial charge in [-0.05, 0) is 60.9 Å². The number of ether oxygens (including phenoxy) is 3. The van der Waals surface area contributed by atoms with Crippen LogP contribution < -0.4 is 24.8 Å². The molecule has 0 fully saturated rings. The summed E-state index contributed by atoms with van der Waals surface area (Å²) < 4.78 is 19.4. The van der Waals surface area contributed by atoms with E-state index in [4.69, 9.17) is 14.2 Å². The van der Waals surface area contributed by atoms with Crippen LogP contribution in [-0.2, 0) is 27.3 Å². The van der Waals surface area contributed by atoms with Gasteiger partial charge in [0, 0.05) is 63.0 Å². The molecule has 11 heteroatoms. The second-order valence-electron chi connectivity index (χ2n) is 11.9. The first kappa shape index (κ1) is 31.9. The van der Waals surface area contributed by atoms with Gasteiger partial charge < -0.3 is 34.3 Å².